The molecule has 2 aromatic rings. The van der Waals surface area contributed by atoms with Gasteiger partial charge in [0.15, 0.2) is 0 Å². The first kappa shape index (κ1) is 14.2. The van der Waals surface area contributed by atoms with Crippen LogP contribution in [0.1, 0.15) is 16.8 Å². The van der Waals surface area contributed by atoms with Gasteiger partial charge < -0.3 is 0 Å². The predicted molar refractivity (Wildman–Crippen MR) is 84.5 cm³/mol. The zero-order valence-electron chi connectivity index (χ0n) is 11.1. The highest BCUT2D eigenvalue weighted by Crippen LogP contribution is 2.18. The molecule has 0 aliphatic carbocycles. The van der Waals surface area contributed by atoms with Crippen molar-refractivity contribution in [2.45, 2.75) is 11.8 Å². The zero-order valence-corrected chi connectivity index (χ0v) is 11.9. The normalized spacial score (nSPS) is 10.6. The summed E-state index contributed by atoms with van der Waals surface area (Å²) in [6.45, 7) is 1.86. The maximum absolute atomic E-state index is 11.1. The number of H-pyrrole nitrogens is 1. The highest BCUT2D eigenvalue weighted by molar-refractivity contribution is 7.99. The Balaban J connectivity index is 2.11. The summed E-state index contributed by atoms with van der Waals surface area (Å²) in [5.74, 6) is 3.28. The Labute approximate surface area is 122 Å². The summed E-state index contributed by atoms with van der Waals surface area (Å²) < 4.78 is 0. The molecule has 100 valence electrons. The van der Waals surface area contributed by atoms with Gasteiger partial charge in [-0.2, -0.15) is 5.10 Å². The molecule has 4 heteroatoms. The van der Waals surface area contributed by atoms with Crippen LogP contribution in [0.25, 0.3) is 12.2 Å². The molecule has 0 fully saturated rings. The Morgan fingerprint density at radius 1 is 1.35 bits per heavy atom. The quantitative estimate of drug-likeness (QED) is 0.692. The van der Waals surface area contributed by atoms with Crippen LogP contribution < -0.4 is 5.56 Å². The number of nitrogens with zero attached hydrogens (tertiary/aromatic N) is 1. The minimum absolute atomic E-state index is 0.186. The van der Waals surface area contributed by atoms with Gasteiger partial charge in [0.2, 0.25) is 0 Å². The average Bonchev–Trinajstić information content (AvgIpc) is 2.45. The van der Waals surface area contributed by atoms with Gasteiger partial charge in [-0.1, -0.05) is 24.1 Å². The van der Waals surface area contributed by atoms with Crippen LogP contribution in [-0.4, -0.2) is 16.0 Å². The maximum Gasteiger partial charge on any atom is 0.264 e. The monoisotopic (exact) mass is 282 g/mol. The number of terminal acetylenes is 1. The van der Waals surface area contributed by atoms with Gasteiger partial charge in [0.25, 0.3) is 5.56 Å². The predicted octanol–water partition coefficient (Wildman–Crippen LogP) is 2.97. The first-order valence-electron chi connectivity index (χ1n) is 6.10. The van der Waals surface area contributed by atoms with Gasteiger partial charge in [-0.3, -0.25) is 4.79 Å². The minimum atomic E-state index is -0.186. The number of nitrogens with one attached hydrogen (secondary N) is 1. The van der Waals surface area contributed by atoms with Crippen molar-refractivity contribution in [3.63, 3.8) is 0 Å². The van der Waals surface area contributed by atoms with Crippen molar-refractivity contribution in [2.24, 2.45) is 0 Å². The van der Waals surface area contributed by atoms with Gasteiger partial charge in [-0.05, 0) is 36.3 Å². The Hall–Kier alpha value is -2.25. The van der Waals surface area contributed by atoms with Gasteiger partial charge in [0.1, 0.15) is 0 Å². The number of benzene rings is 1. The highest BCUT2D eigenvalue weighted by Gasteiger charge is 1.97. The minimum Gasteiger partial charge on any atom is -0.268 e. The van der Waals surface area contributed by atoms with Gasteiger partial charge in [0.05, 0.1) is 11.4 Å². The molecule has 1 N–H and O–H groups in total. The van der Waals surface area contributed by atoms with Crippen molar-refractivity contribution in [1.82, 2.24) is 10.2 Å². The molecule has 0 bridgehead atoms. The molecule has 0 spiro atoms. The first-order chi connectivity index (χ1) is 9.69. The van der Waals surface area contributed by atoms with Crippen LogP contribution in [0.5, 0.6) is 0 Å². The average molecular weight is 282 g/mol. The number of hydrogen-bond acceptors (Lipinski definition) is 3. The molecule has 20 heavy (non-hydrogen) atoms. The van der Waals surface area contributed by atoms with E-state index in [-0.39, 0.29) is 5.56 Å². The molecule has 0 aliphatic rings. The van der Waals surface area contributed by atoms with Crippen LogP contribution in [0.2, 0.25) is 0 Å². The molecule has 0 atom stereocenters. The Bertz CT molecular complexity index is 708. The van der Waals surface area contributed by atoms with E-state index in [2.05, 4.69) is 16.1 Å². The van der Waals surface area contributed by atoms with Gasteiger partial charge in [0, 0.05) is 11.0 Å². The van der Waals surface area contributed by atoms with E-state index >= 15 is 0 Å². The molecular formula is C16H14N2OS. The second kappa shape index (κ2) is 6.78. The van der Waals surface area contributed by atoms with Crippen molar-refractivity contribution in [3.8, 4) is 12.3 Å². The zero-order chi connectivity index (χ0) is 14.4. The van der Waals surface area contributed by atoms with Gasteiger partial charge in [-0.15, -0.1) is 18.2 Å². The summed E-state index contributed by atoms with van der Waals surface area (Å²) in [5.41, 5.74) is 2.50. The van der Waals surface area contributed by atoms with E-state index in [1.54, 1.807) is 11.8 Å². The summed E-state index contributed by atoms with van der Waals surface area (Å²) in [6.07, 6.45) is 9.07. The standard InChI is InChI=1S/C16H14N2OS/c1-3-10-20-14-7-4-13(5-8-14)6-9-15-12(2)11-16(19)18-17-15/h1,4-9,11H,10H2,2H3,(H,18,19)/b9-6+. The van der Waals surface area contributed by atoms with Crippen molar-refractivity contribution in [3.05, 3.63) is 57.5 Å². The van der Waals surface area contributed by atoms with Crippen LogP contribution in [-0.2, 0) is 0 Å². The van der Waals surface area contributed by atoms with E-state index in [0.717, 1.165) is 21.7 Å². The van der Waals surface area contributed by atoms with Crippen LogP contribution in [0.15, 0.2) is 40.0 Å². The summed E-state index contributed by atoms with van der Waals surface area (Å²) >= 11 is 1.64. The van der Waals surface area contributed by atoms with Gasteiger partial charge in [-0.25, -0.2) is 5.10 Å². The molecule has 0 aliphatic heterocycles. The van der Waals surface area contributed by atoms with E-state index in [1.807, 2.05) is 43.3 Å². The largest absolute Gasteiger partial charge is 0.268 e. The van der Waals surface area contributed by atoms with E-state index in [0.29, 0.717) is 5.75 Å². The highest BCUT2D eigenvalue weighted by atomic mass is 32.2. The number of aromatic nitrogens is 2. The van der Waals surface area contributed by atoms with Crippen molar-refractivity contribution in [1.29, 1.82) is 0 Å². The maximum atomic E-state index is 11.1. The summed E-state index contributed by atoms with van der Waals surface area (Å²) in [5, 5.41) is 6.43. The lowest BCUT2D eigenvalue weighted by molar-refractivity contribution is 0.961. The van der Waals surface area contributed by atoms with Crippen molar-refractivity contribution >= 4 is 23.9 Å². The Morgan fingerprint density at radius 2 is 2.10 bits per heavy atom. The van der Waals surface area contributed by atoms with E-state index < -0.39 is 0 Å². The van der Waals surface area contributed by atoms with Crippen LogP contribution >= 0.6 is 11.8 Å². The third kappa shape index (κ3) is 3.87. The summed E-state index contributed by atoms with van der Waals surface area (Å²) in [6, 6.07) is 9.66. The van der Waals surface area contributed by atoms with E-state index in [4.69, 9.17) is 6.42 Å². The van der Waals surface area contributed by atoms with Crippen molar-refractivity contribution in [2.75, 3.05) is 5.75 Å². The fourth-order valence-corrected chi connectivity index (χ4v) is 2.23. The molecule has 0 radical (unpaired) electrons. The smallest absolute Gasteiger partial charge is 0.264 e. The van der Waals surface area contributed by atoms with Crippen molar-refractivity contribution < 1.29 is 0 Å². The first-order valence-corrected chi connectivity index (χ1v) is 7.08. The topological polar surface area (TPSA) is 45.8 Å². The third-order valence-electron chi connectivity index (χ3n) is 2.67. The van der Waals surface area contributed by atoms with Crippen LogP contribution in [0.4, 0.5) is 0 Å². The third-order valence-corrected chi connectivity index (χ3v) is 3.59. The summed E-state index contributed by atoms with van der Waals surface area (Å²) in [4.78, 5) is 12.2. The molecule has 0 amide bonds. The Morgan fingerprint density at radius 3 is 2.75 bits per heavy atom. The molecule has 0 saturated carbocycles. The van der Waals surface area contributed by atoms with Gasteiger partial charge >= 0.3 is 0 Å². The lowest BCUT2D eigenvalue weighted by Gasteiger charge is -1.99. The second-order valence-corrected chi connectivity index (χ2v) is 5.24. The Kier molecular flexibility index (Phi) is 4.80. The second-order valence-electron chi connectivity index (χ2n) is 4.20. The van der Waals surface area contributed by atoms with Crippen LogP contribution in [0, 0.1) is 19.3 Å². The molecule has 0 saturated heterocycles. The lowest BCUT2D eigenvalue weighted by Crippen LogP contribution is -2.08. The SMILES string of the molecule is C#CCSc1ccc(/C=C/c2n[nH]c(=O)cc2C)cc1. The molecule has 0 unspecified atom stereocenters. The fraction of sp³-hybridized carbons (Fsp3) is 0.125. The molecule has 3 nitrogen and oxygen atoms in total. The summed E-state index contributed by atoms with van der Waals surface area (Å²) in [7, 11) is 0. The number of aromatic amines is 1. The number of rotatable bonds is 4. The van der Waals surface area contributed by atoms with E-state index in [1.165, 1.54) is 6.07 Å². The molecule has 2 rings (SSSR count). The molecule has 1 aromatic heterocycles. The molecule has 1 heterocycles. The number of hydrogen-bond donors (Lipinski definition) is 1. The lowest BCUT2D eigenvalue weighted by atomic mass is 10.1. The van der Waals surface area contributed by atoms with E-state index in [9.17, 15) is 4.79 Å². The number of thioether (sulfide) groups is 1. The molecular weight excluding hydrogens is 268 g/mol. The van der Waals surface area contributed by atoms with Crippen LogP contribution in [0.3, 0.4) is 0 Å². The number of aryl methyl sites for hydroxylation is 1. The molecule has 1 aromatic carbocycles. The fourth-order valence-electron chi connectivity index (χ4n) is 1.65.